The van der Waals surface area contributed by atoms with Crippen LogP contribution in [0.15, 0.2) is 36.5 Å². The van der Waals surface area contributed by atoms with Gasteiger partial charge in [0.05, 0.1) is 6.61 Å². The molecule has 1 saturated heterocycles. The van der Waals surface area contributed by atoms with Crippen LogP contribution < -0.4 is 0 Å². The summed E-state index contributed by atoms with van der Waals surface area (Å²) in [7, 11) is -4.60. The molecule has 4 N–H and O–H groups in total. The zero-order chi connectivity index (χ0) is 42.0. The molecule has 0 bridgehead atoms. The molecule has 6 atom stereocenters. The summed E-state index contributed by atoms with van der Waals surface area (Å²) in [6, 6.07) is 0. The number of rotatable bonds is 36. The third-order valence-corrected chi connectivity index (χ3v) is 10.7. The molecule has 0 aromatic carbocycles. The maximum atomic E-state index is 12.8. The highest BCUT2D eigenvalue weighted by molar-refractivity contribution is 7.85. The number of carbonyl (C=O) groups is 2. The van der Waals surface area contributed by atoms with Crippen molar-refractivity contribution in [1.29, 1.82) is 0 Å². The molecule has 2 unspecified atom stereocenters. The number of aliphatic hydroxyl groups is 3. The lowest BCUT2D eigenvalue weighted by Gasteiger charge is -2.40. The van der Waals surface area contributed by atoms with Crippen molar-refractivity contribution in [3.8, 4) is 0 Å². The molecular weight excluding hydrogens is 753 g/mol. The molecule has 13 heteroatoms. The maximum Gasteiger partial charge on any atom is 0.306 e. The summed E-state index contributed by atoms with van der Waals surface area (Å²) in [6.45, 7) is 3.68. The van der Waals surface area contributed by atoms with E-state index in [1.165, 1.54) is 51.4 Å². The Morgan fingerprint density at radius 3 is 1.61 bits per heavy atom. The van der Waals surface area contributed by atoms with Crippen molar-refractivity contribution in [2.75, 3.05) is 19.0 Å². The molecule has 0 saturated carbocycles. The van der Waals surface area contributed by atoms with Crippen LogP contribution in [0.2, 0.25) is 0 Å². The molecule has 0 radical (unpaired) electrons. The third kappa shape index (κ3) is 29.7. The average molecular weight is 831 g/mol. The fraction of sp³-hybridized carbons (Fsp3) is 0.818. The Bertz CT molecular complexity index is 1200. The van der Waals surface area contributed by atoms with Crippen LogP contribution in [-0.2, 0) is 38.7 Å². The third-order valence-electron chi connectivity index (χ3n) is 9.94. The van der Waals surface area contributed by atoms with Crippen LogP contribution in [0.4, 0.5) is 0 Å². The summed E-state index contributed by atoms with van der Waals surface area (Å²) in [4.78, 5) is 25.4. The highest BCUT2D eigenvalue weighted by atomic mass is 32.2. The van der Waals surface area contributed by atoms with Gasteiger partial charge in [-0.25, -0.2) is 0 Å². The van der Waals surface area contributed by atoms with E-state index in [4.69, 9.17) is 18.9 Å². The predicted octanol–water partition coefficient (Wildman–Crippen LogP) is 8.61. The van der Waals surface area contributed by atoms with E-state index in [1.807, 2.05) is 0 Å². The lowest BCUT2D eigenvalue weighted by molar-refractivity contribution is -0.297. The predicted molar refractivity (Wildman–Crippen MR) is 224 cm³/mol. The van der Waals surface area contributed by atoms with Crippen LogP contribution in [-0.4, -0.2) is 96.0 Å². The van der Waals surface area contributed by atoms with Crippen molar-refractivity contribution in [2.45, 2.75) is 211 Å². The first-order valence-corrected chi connectivity index (χ1v) is 23.7. The first kappa shape index (κ1) is 52.9. The summed E-state index contributed by atoms with van der Waals surface area (Å²) in [6.07, 6.45) is 29.0. The SMILES string of the molecule is CCCC/C=C/C/C=C/CCCCCCCC(=O)OC[C@H](CO[C@H]1O[C@H](CS(=O)(=O)O)[C@@H](O)C(O)C1O)OC(=O)CCCCCCC/C=C/CCCCCCCC. The van der Waals surface area contributed by atoms with Gasteiger partial charge in [-0.2, -0.15) is 8.42 Å². The largest absolute Gasteiger partial charge is 0.462 e. The van der Waals surface area contributed by atoms with Crippen molar-refractivity contribution in [3.63, 3.8) is 0 Å². The minimum absolute atomic E-state index is 0.151. The number of ether oxygens (including phenoxy) is 4. The number of esters is 2. The van der Waals surface area contributed by atoms with Crippen molar-refractivity contribution in [2.24, 2.45) is 0 Å². The zero-order valence-corrected chi connectivity index (χ0v) is 36.0. The second-order valence-corrected chi connectivity index (χ2v) is 16.9. The first-order chi connectivity index (χ1) is 27.5. The maximum absolute atomic E-state index is 12.8. The minimum Gasteiger partial charge on any atom is -0.462 e. The Hall–Kier alpha value is -2.13. The molecule has 1 rings (SSSR count). The molecular formula is C44H78O12S. The molecule has 1 heterocycles. The standard InChI is InChI=1S/C44H78O12S/c1-3-5-7-9-11-13-15-17-19-21-23-25-27-29-31-33-40(46)55-37(35-54-44-43(49)42(48)41(47)38(56-44)36-57(50,51)52)34-53-39(45)32-30-28-26-24-22-20-18-16-14-12-10-8-6-4-2/h10,12,16-19,37-38,41-44,47-49H,3-9,11,13-15,20-36H2,1-2H3,(H,50,51,52)/b12-10+,18-16+,19-17+/t37-,38-,41-,42?,43?,44+/m1/s1. The summed E-state index contributed by atoms with van der Waals surface area (Å²) in [5, 5.41) is 30.8. The van der Waals surface area contributed by atoms with Crippen LogP contribution in [0.25, 0.3) is 0 Å². The van der Waals surface area contributed by atoms with Gasteiger partial charge in [0.15, 0.2) is 12.4 Å². The Morgan fingerprint density at radius 1 is 0.596 bits per heavy atom. The molecule has 12 nitrogen and oxygen atoms in total. The molecule has 57 heavy (non-hydrogen) atoms. The van der Waals surface area contributed by atoms with Gasteiger partial charge in [-0.05, 0) is 64.2 Å². The van der Waals surface area contributed by atoms with Crippen LogP contribution in [0.3, 0.4) is 0 Å². The molecule has 0 aromatic rings. The summed E-state index contributed by atoms with van der Waals surface area (Å²) < 4.78 is 54.0. The van der Waals surface area contributed by atoms with Gasteiger partial charge in [0.25, 0.3) is 10.1 Å². The fourth-order valence-electron chi connectivity index (χ4n) is 6.45. The molecule has 1 aliphatic heterocycles. The average Bonchev–Trinajstić information content (AvgIpc) is 3.17. The minimum atomic E-state index is -4.60. The fourth-order valence-corrected chi connectivity index (χ4v) is 7.14. The first-order valence-electron chi connectivity index (χ1n) is 22.0. The van der Waals surface area contributed by atoms with E-state index in [0.717, 1.165) is 83.5 Å². The Morgan fingerprint density at radius 2 is 1.07 bits per heavy atom. The molecule has 0 amide bonds. The Balaban J connectivity index is 2.48. The van der Waals surface area contributed by atoms with Gasteiger partial charge in [0.2, 0.25) is 0 Å². The summed E-state index contributed by atoms with van der Waals surface area (Å²) >= 11 is 0. The van der Waals surface area contributed by atoms with Gasteiger partial charge < -0.3 is 34.3 Å². The van der Waals surface area contributed by atoms with Gasteiger partial charge >= 0.3 is 11.9 Å². The Kier molecular flexibility index (Phi) is 32.2. The van der Waals surface area contributed by atoms with E-state index in [-0.39, 0.29) is 19.4 Å². The lowest BCUT2D eigenvalue weighted by atomic mass is 10.00. The monoisotopic (exact) mass is 831 g/mol. The van der Waals surface area contributed by atoms with E-state index in [0.29, 0.717) is 12.8 Å². The summed E-state index contributed by atoms with van der Waals surface area (Å²) in [5.74, 6) is -2.01. The topological polar surface area (TPSA) is 186 Å². The second-order valence-electron chi connectivity index (χ2n) is 15.4. The van der Waals surface area contributed by atoms with Crippen LogP contribution in [0.1, 0.15) is 174 Å². The normalized spacial score (nSPS) is 20.8. The molecule has 1 fully saturated rings. The van der Waals surface area contributed by atoms with Crippen molar-refractivity contribution in [3.05, 3.63) is 36.5 Å². The van der Waals surface area contributed by atoms with Gasteiger partial charge in [-0.15, -0.1) is 0 Å². The Labute approximate surface area is 344 Å². The van der Waals surface area contributed by atoms with E-state index in [2.05, 4.69) is 50.3 Å². The van der Waals surface area contributed by atoms with E-state index < -0.39 is 71.2 Å². The number of carbonyl (C=O) groups excluding carboxylic acids is 2. The van der Waals surface area contributed by atoms with Crippen LogP contribution >= 0.6 is 0 Å². The van der Waals surface area contributed by atoms with Crippen LogP contribution in [0, 0.1) is 0 Å². The van der Waals surface area contributed by atoms with Crippen molar-refractivity contribution >= 4 is 22.1 Å². The molecule has 1 aliphatic rings. The number of unbranched alkanes of at least 4 members (excludes halogenated alkanes) is 18. The summed E-state index contributed by atoms with van der Waals surface area (Å²) in [5.41, 5.74) is 0. The number of hydrogen-bond donors (Lipinski definition) is 4. The van der Waals surface area contributed by atoms with Crippen LogP contribution in [0.5, 0.6) is 0 Å². The number of aliphatic hydroxyl groups excluding tert-OH is 3. The highest BCUT2D eigenvalue weighted by Crippen LogP contribution is 2.24. The van der Waals surface area contributed by atoms with Gasteiger partial charge in [0, 0.05) is 12.8 Å². The smallest absolute Gasteiger partial charge is 0.306 e. The quantitative estimate of drug-likeness (QED) is 0.0204. The van der Waals surface area contributed by atoms with E-state index in [9.17, 15) is 37.9 Å². The van der Waals surface area contributed by atoms with Gasteiger partial charge in [-0.1, -0.05) is 134 Å². The van der Waals surface area contributed by atoms with Gasteiger partial charge in [-0.3, -0.25) is 14.1 Å². The highest BCUT2D eigenvalue weighted by Gasteiger charge is 2.46. The second kappa shape index (κ2) is 34.7. The van der Waals surface area contributed by atoms with Crippen molar-refractivity contribution < 1.29 is 56.8 Å². The molecule has 0 spiro atoms. The van der Waals surface area contributed by atoms with Crippen molar-refractivity contribution in [1.82, 2.24) is 0 Å². The molecule has 332 valence electrons. The van der Waals surface area contributed by atoms with E-state index >= 15 is 0 Å². The number of allylic oxidation sites excluding steroid dienone is 6. The zero-order valence-electron chi connectivity index (χ0n) is 35.2. The van der Waals surface area contributed by atoms with E-state index in [1.54, 1.807) is 0 Å². The van der Waals surface area contributed by atoms with Gasteiger partial charge in [0.1, 0.15) is 36.8 Å². The lowest BCUT2D eigenvalue weighted by Crippen LogP contribution is -2.60. The number of hydrogen-bond acceptors (Lipinski definition) is 11. The molecule has 0 aromatic heterocycles. The molecule has 0 aliphatic carbocycles.